The van der Waals surface area contributed by atoms with E-state index in [0.717, 1.165) is 18.1 Å². The van der Waals surface area contributed by atoms with Gasteiger partial charge in [-0.15, -0.1) is 11.3 Å². The van der Waals surface area contributed by atoms with Gasteiger partial charge in [-0.25, -0.2) is 4.98 Å². The Morgan fingerprint density at radius 2 is 2.50 bits per heavy atom. The van der Waals surface area contributed by atoms with Crippen LogP contribution in [0.25, 0.3) is 0 Å². The topological polar surface area (TPSA) is 42.1 Å². The number of nitrogens with zero attached hydrogens (tertiary/aromatic N) is 2. The molecule has 68 valence electrons. The molecular weight excluding hydrogens is 170 g/mol. The van der Waals surface area contributed by atoms with Crippen LogP contribution in [-0.2, 0) is 0 Å². The molecule has 1 atom stereocenters. The molecule has 2 N–H and O–H groups in total. The van der Waals surface area contributed by atoms with Crippen LogP contribution in [-0.4, -0.2) is 24.6 Å². The molecule has 12 heavy (non-hydrogen) atoms. The number of nitrogens with two attached hydrogens (primary N) is 1. The summed E-state index contributed by atoms with van der Waals surface area (Å²) >= 11 is 1.66. The van der Waals surface area contributed by atoms with Gasteiger partial charge in [0, 0.05) is 31.2 Å². The van der Waals surface area contributed by atoms with Crippen LogP contribution in [0.4, 0.5) is 5.13 Å². The van der Waals surface area contributed by atoms with Crippen LogP contribution < -0.4 is 10.6 Å². The van der Waals surface area contributed by atoms with Gasteiger partial charge in [0.1, 0.15) is 0 Å². The normalized spacial score (nSPS) is 12.9. The Bertz CT molecular complexity index is 208. The minimum absolute atomic E-state index is 0.271. The van der Waals surface area contributed by atoms with Gasteiger partial charge < -0.3 is 10.6 Å². The molecule has 0 fully saturated rings. The molecule has 0 aromatic carbocycles. The van der Waals surface area contributed by atoms with E-state index in [1.54, 1.807) is 11.3 Å². The van der Waals surface area contributed by atoms with Gasteiger partial charge in [0.15, 0.2) is 5.13 Å². The molecule has 0 aliphatic heterocycles. The highest BCUT2D eigenvalue weighted by atomic mass is 32.1. The van der Waals surface area contributed by atoms with Crippen molar-refractivity contribution in [2.24, 2.45) is 5.73 Å². The molecule has 0 spiro atoms. The maximum atomic E-state index is 5.65. The van der Waals surface area contributed by atoms with Crippen molar-refractivity contribution in [1.29, 1.82) is 0 Å². The van der Waals surface area contributed by atoms with Crippen LogP contribution in [0.3, 0.4) is 0 Å². The minimum atomic E-state index is 0.271. The monoisotopic (exact) mass is 185 g/mol. The fourth-order valence-corrected chi connectivity index (χ4v) is 1.53. The predicted octanol–water partition coefficient (Wildman–Crippen LogP) is 1.32. The van der Waals surface area contributed by atoms with Crippen LogP contribution in [0.15, 0.2) is 11.6 Å². The van der Waals surface area contributed by atoms with Crippen molar-refractivity contribution < 1.29 is 0 Å². The van der Waals surface area contributed by atoms with Gasteiger partial charge >= 0.3 is 0 Å². The molecule has 0 radical (unpaired) electrons. The zero-order valence-electron chi connectivity index (χ0n) is 7.53. The van der Waals surface area contributed by atoms with Crippen molar-refractivity contribution in [3.8, 4) is 0 Å². The van der Waals surface area contributed by atoms with E-state index in [-0.39, 0.29) is 6.04 Å². The van der Waals surface area contributed by atoms with Crippen LogP contribution in [0, 0.1) is 0 Å². The van der Waals surface area contributed by atoms with Gasteiger partial charge in [0.05, 0.1) is 0 Å². The predicted molar refractivity (Wildman–Crippen MR) is 53.7 cm³/mol. The van der Waals surface area contributed by atoms with Crippen molar-refractivity contribution >= 4 is 16.5 Å². The zero-order chi connectivity index (χ0) is 8.97. The third-order valence-electron chi connectivity index (χ3n) is 1.67. The van der Waals surface area contributed by atoms with E-state index in [9.17, 15) is 0 Å². The number of rotatable bonds is 4. The molecular formula is C8H15N3S. The Labute approximate surface area is 77.2 Å². The summed E-state index contributed by atoms with van der Waals surface area (Å²) in [5, 5.41) is 3.05. The fraction of sp³-hybridized carbons (Fsp3) is 0.625. The average molecular weight is 185 g/mol. The van der Waals surface area contributed by atoms with E-state index >= 15 is 0 Å². The van der Waals surface area contributed by atoms with Crippen molar-refractivity contribution in [3.63, 3.8) is 0 Å². The maximum Gasteiger partial charge on any atom is 0.184 e. The van der Waals surface area contributed by atoms with Crippen molar-refractivity contribution in [2.45, 2.75) is 19.4 Å². The van der Waals surface area contributed by atoms with E-state index < -0.39 is 0 Å². The summed E-state index contributed by atoms with van der Waals surface area (Å²) in [7, 11) is 2.04. The molecule has 0 saturated carbocycles. The van der Waals surface area contributed by atoms with Gasteiger partial charge in [-0.3, -0.25) is 0 Å². The van der Waals surface area contributed by atoms with E-state index in [0.29, 0.717) is 0 Å². The lowest BCUT2D eigenvalue weighted by Gasteiger charge is -2.16. The summed E-state index contributed by atoms with van der Waals surface area (Å²) in [5.41, 5.74) is 5.65. The largest absolute Gasteiger partial charge is 0.351 e. The average Bonchev–Trinajstić information content (AvgIpc) is 2.51. The summed E-state index contributed by atoms with van der Waals surface area (Å²) < 4.78 is 0. The molecule has 1 aromatic rings. The van der Waals surface area contributed by atoms with Gasteiger partial charge in [0.2, 0.25) is 0 Å². The molecule has 0 aliphatic rings. The molecule has 0 amide bonds. The van der Waals surface area contributed by atoms with Crippen molar-refractivity contribution in [1.82, 2.24) is 4.98 Å². The molecule has 1 heterocycles. The standard InChI is InChI=1S/C8H15N3S/c1-7(9)3-5-11(2)8-10-4-6-12-8/h4,6-7H,3,5,9H2,1-2H3. The van der Waals surface area contributed by atoms with Gasteiger partial charge in [0.25, 0.3) is 0 Å². The maximum absolute atomic E-state index is 5.65. The lowest BCUT2D eigenvalue weighted by molar-refractivity contribution is 0.658. The van der Waals surface area contributed by atoms with E-state index in [4.69, 9.17) is 5.73 Å². The molecule has 1 aromatic heterocycles. The van der Waals surface area contributed by atoms with Crippen LogP contribution in [0.1, 0.15) is 13.3 Å². The molecule has 4 heteroatoms. The van der Waals surface area contributed by atoms with E-state index in [1.807, 2.05) is 25.5 Å². The van der Waals surface area contributed by atoms with Gasteiger partial charge in [-0.05, 0) is 13.3 Å². The van der Waals surface area contributed by atoms with Crippen LogP contribution in [0.5, 0.6) is 0 Å². The second kappa shape index (κ2) is 4.42. The minimum Gasteiger partial charge on any atom is -0.351 e. The third kappa shape index (κ3) is 2.79. The summed E-state index contributed by atoms with van der Waals surface area (Å²) in [4.78, 5) is 6.33. The fourth-order valence-electron chi connectivity index (χ4n) is 0.897. The van der Waals surface area contributed by atoms with Crippen LogP contribution >= 0.6 is 11.3 Å². The second-order valence-electron chi connectivity index (χ2n) is 3.00. The molecule has 1 unspecified atom stereocenters. The summed E-state index contributed by atoms with van der Waals surface area (Å²) in [6.07, 6.45) is 2.83. The first-order valence-corrected chi connectivity index (χ1v) is 4.94. The Hall–Kier alpha value is -0.610. The van der Waals surface area contributed by atoms with Gasteiger partial charge in [-0.2, -0.15) is 0 Å². The smallest absolute Gasteiger partial charge is 0.184 e. The molecule has 3 nitrogen and oxygen atoms in total. The third-order valence-corrected chi connectivity index (χ3v) is 2.55. The lowest BCUT2D eigenvalue weighted by atomic mass is 10.2. The Kier molecular flexibility index (Phi) is 3.49. The summed E-state index contributed by atoms with van der Waals surface area (Å²) in [5.74, 6) is 0. The number of anilines is 1. The quantitative estimate of drug-likeness (QED) is 0.769. The molecule has 0 saturated heterocycles. The summed E-state index contributed by atoms with van der Waals surface area (Å²) in [6.45, 7) is 3.00. The first kappa shape index (κ1) is 9.48. The zero-order valence-corrected chi connectivity index (χ0v) is 8.34. The number of aromatic nitrogens is 1. The number of hydrogen-bond donors (Lipinski definition) is 1. The lowest BCUT2D eigenvalue weighted by Crippen LogP contribution is -2.25. The van der Waals surface area contributed by atoms with Crippen molar-refractivity contribution in [2.75, 3.05) is 18.5 Å². The van der Waals surface area contributed by atoms with E-state index in [1.165, 1.54) is 0 Å². The van der Waals surface area contributed by atoms with E-state index in [2.05, 4.69) is 9.88 Å². The first-order chi connectivity index (χ1) is 5.70. The molecule has 0 aliphatic carbocycles. The second-order valence-corrected chi connectivity index (χ2v) is 3.88. The van der Waals surface area contributed by atoms with Crippen LogP contribution in [0.2, 0.25) is 0 Å². The molecule has 0 bridgehead atoms. The number of thiazole rings is 1. The Morgan fingerprint density at radius 1 is 1.75 bits per heavy atom. The highest BCUT2D eigenvalue weighted by Crippen LogP contribution is 2.15. The first-order valence-electron chi connectivity index (χ1n) is 4.06. The van der Waals surface area contributed by atoms with Gasteiger partial charge in [-0.1, -0.05) is 0 Å². The highest BCUT2D eigenvalue weighted by Gasteiger charge is 2.03. The molecule has 1 rings (SSSR count). The highest BCUT2D eigenvalue weighted by molar-refractivity contribution is 7.13. The Balaban J connectivity index is 2.34. The Morgan fingerprint density at radius 3 is 3.00 bits per heavy atom. The van der Waals surface area contributed by atoms with Crippen molar-refractivity contribution in [3.05, 3.63) is 11.6 Å². The number of hydrogen-bond acceptors (Lipinski definition) is 4. The SMILES string of the molecule is CC(N)CCN(C)c1nccs1. The summed E-state index contributed by atoms with van der Waals surface area (Å²) in [6, 6.07) is 0.271.